The third-order valence-corrected chi connectivity index (χ3v) is 3.43. The van der Waals surface area contributed by atoms with Crippen LogP contribution in [-0.4, -0.2) is 7.11 Å². The van der Waals surface area contributed by atoms with Crippen molar-refractivity contribution in [3.05, 3.63) is 52.0 Å². The number of halogens is 2. The number of rotatable bonds is 4. The van der Waals surface area contributed by atoms with Gasteiger partial charge in [0.1, 0.15) is 22.3 Å². The molecule has 2 N–H and O–H groups in total. The number of ether oxygens (including phenoxy) is 2. The Morgan fingerprint density at radius 1 is 1.11 bits per heavy atom. The Morgan fingerprint density at radius 2 is 1.89 bits per heavy atom. The first kappa shape index (κ1) is 14.0. The van der Waals surface area contributed by atoms with Gasteiger partial charge >= 0.3 is 0 Å². The predicted octanol–water partition coefficient (Wildman–Crippen LogP) is 4.25. The Balaban J connectivity index is 2.39. The minimum absolute atomic E-state index is 0.359. The van der Waals surface area contributed by atoms with E-state index >= 15 is 0 Å². The predicted molar refractivity (Wildman–Crippen MR) is 77.4 cm³/mol. The van der Waals surface area contributed by atoms with Gasteiger partial charge in [0, 0.05) is 18.2 Å². The molecule has 0 radical (unpaired) electrons. The molecule has 0 aliphatic rings. The van der Waals surface area contributed by atoms with Crippen LogP contribution in [0.4, 0.5) is 0 Å². The zero-order valence-electron chi connectivity index (χ0n) is 10.3. The van der Waals surface area contributed by atoms with Gasteiger partial charge in [-0.05, 0) is 18.2 Å². The fourth-order valence-electron chi connectivity index (χ4n) is 1.61. The zero-order chi connectivity index (χ0) is 13.8. The molecule has 19 heavy (non-hydrogen) atoms. The van der Waals surface area contributed by atoms with Gasteiger partial charge in [-0.2, -0.15) is 0 Å². The maximum Gasteiger partial charge on any atom is 0.147 e. The lowest BCUT2D eigenvalue weighted by molar-refractivity contribution is 0.408. The maximum absolute atomic E-state index is 6.09. The summed E-state index contributed by atoms with van der Waals surface area (Å²) >= 11 is 12.0. The normalized spacial score (nSPS) is 10.3. The van der Waals surface area contributed by atoms with E-state index in [9.17, 15) is 0 Å². The van der Waals surface area contributed by atoms with Crippen molar-refractivity contribution in [2.24, 2.45) is 5.73 Å². The molecule has 0 atom stereocenters. The number of methoxy groups -OCH3 is 1. The van der Waals surface area contributed by atoms with E-state index in [1.54, 1.807) is 31.4 Å². The third-order valence-electron chi connectivity index (χ3n) is 2.63. The van der Waals surface area contributed by atoms with Crippen LogP contribution >= 0.6 is 23.2 Å². The summed E-state index contributed by atoms with van der Waals surface area (Å²) in [5.74, 6) is 1.77. The Bertz CT molecular complexity index is 588. The molecule has 2 aromatic carbocycles. The van der Waals surface area contributed by atoms with Crippen LogP contribution in [0.15, 0.2) is 36.4 Å². The van der Waals surface area contributed by atoms with Crippen molar-refractivity contribution < 1.29 is 9.47 Å². The Hall–Kier alpha value is -1.42. The van der Waals surface area contributed by atoms with Crippen LogP contribution in [0.2, 0.25) is 10.0 Å². The van der Waals surface area contributed by atoms with Crippen LogP contribution in [0.5, 0.6) is 17.2 Å². The van der Waals surface area contributed by atoms with Gasteiger partial charge in [0.25, 0.3) is 0 Å². The number of benzene rings is 2. The van der Waals surface area contributed by atoms with Crippen molar-refractivity contribution in [3.63, 3.8) is 0 Å². The third kappa shape index (κ3) is 3.13. The van der Waals surface area contributed by atoms with E-state index in [2.05, 4.69) is 0 Å². The Morgan fingerprint density at radius 3 is 2.58 bits per heavy atom. The summed E-state index contributed by atoms with van der Waals surface area (Å²) in [6.45, 7) is 0.359. The number of nitrogens with two attached hydrogens (primary N) is 1. The molecule has 3 nitrogen and oxygen atoms in total. The molecule has 5 heteroatoms. The highest BCUT2D eigenvalue weighted by molar-refractivity contribution is 6.42. The molecule has 2 aromatic rings. The molecule has 0 aromatic heterocycles. The van der Waals surface area contributed by atoms with Crippen LogP contribution in [0, 0.1) is 0 Å². The van der Waals surface area contributed by atoms with Gasteiger partial charge < -0.3 is 15.2 Å². The second-order valence-electron chi connectivity index (χ2n) is 3.83. The molecule has 0 aliphatic carbocycles. The fraction of sp³-hybridized carbons (Fsp3) is 0.143. The van der Waals surface area contributed by atoms with E-state index in [0.29, 0.717) is 33.8 Å². The van der Waals surface area contributed by atoms with Gasteiger partial charge in [-0.25, -0.2) is 0 Å². The molecule has 0 bridgehead atoms. The summed E-state index contributed by atoms with van der Waals surface area (Å²) in [6.07, 6.45) is 0. The summed E-state index contributed by atoms with van der Waals surface area (Å²) in [5, 5.41) is 0.811. The van der Waals surface area contributed by atoms with E-state index in [4.69, 9.17) is 38.4 Å². The largest absolute Gasteiger partial charge is 0.497 e. The summed E-state index contributed by atoms with van der Waals surface area (Å²) in [7, 11) is 1.59. The van der Waals surface area contributed by atoms with Gasteiger partial charge in [0.2, 0.25) is 0 Å². The summed E-state index contributed by atoms with van der Waals surface area (Å²) in [6, 6.07) is 10.7. The average molecular weight is 298 g/mol. The molecule has 0 unspecified atom stereocenters. The van der Waals surface area contributed by atoms with Gasteiger partial charge in [-0.3, -0.25) is 0 Å². The van der Waals surface area contributed by atoms with E-state index in [0.717, 1.165) is 5.56 Å². The monoisotopic (exact) mass is 297 g/mol. The standard InChI is InChI=1S/C14H13Cl2NO2/c1-18-10-6-5-9(8-17)13(7-10)19-12-4-2-3-11(15)14(12)16/h2-7H,8,17H2,1H3. The van der Waals surface area contributed by atoms with Crippen LogP contribution in [0.25, 0.3) is 0 Å². The second kappa shape index (κ2) is 6.15. The summed E-state index contributed by atoms with van der Waals surface area (Å²) < 4.78 is 10.9. The number of hydrogen-bond acceptors (Lipinski definition) is 3. The van der Waals surface area contributed by atoms with Gasteiger partial charge in [0.05, 0.1) is 12.1 Å². The first-order chi connectivity index (χ1) is 9.15. The van der Waals surface area contributed by atoms with Crippen molar-refractivity contribution in [2.45, 2.75) is 6.54 Å². The lowest BCUT2D eigenvalue weighted by Crippen LogP contribution is -2.00. The smallest absolute Gasteiger partial charge is 0.147 e. The van der Waals surface area contributed by atoms with E-state index < -0.39 is 0 Å². The van der Waals surface area contributed by atoms with E-state index in [1.165, 1.54) is 0 Å². The molecule has 0 spiro atoms. The minimum Gasteiger partial charge on any atom is -0.497 e. The lowest BCUT2D eigenvalue weighted by Gasteiger charge is -2.13. The van der Waals surface area contributed by atoms with Gasteiger partial charge in [-0.1, -0.05) is 35.3 Å². The highest BCUT2D eigenvalue weighted by Gasteiger charge is 2.10. The van der Waals surface area contributed by atoms with Gasteiger partial charge in [0.15, 0.2) is 0 Å². The highest BCUT2D eigenvalue weighted by Crippen LogP contribution is 2.36. The molecule has 0 saturated carbocycles. The number of hydrogen-bond donors (Lipinski definition) is 1. The Labute approximate surface area is 121 Å². The first-order valence-corrected chi connectivity index (χ1v) is 6.40. The van der Waals surface area contributed by atoms with Crippen molar-refractivity contribution in [1.29, 1.82) is 0 Å². The van der Waals surface area contributed by atoms with Crippen LogP contribution in [0.3, 0.4) is 0 Å². The SMILES string of the molecule is COc1ccc(CN)c(Oc2cccc(Cl)c2Cl)c1. The fourth-order valence-corrected chi connectivity index (χ4v) is 1.94. The first-order valence-electron chi connectivity index (χ1n) is 5.64. The zero-order valence-corrected chi connectivity index (χ0v) is 11.8. The van der Waals surface area contributed by atoms with Gasteiger partial charge in [-0.15, -0.1) is 0 Å². The lowest BCUT2D eigenvalue weighted by atomic mass is 10.2. The molecular formula is C14H13Cl2NO2. The Kier molecular flexibility index (Phi) is 4.53. The minimum atomic E-state index is 0.359. The van der Waals surface area contributed by atoms with Crippen molar-refractivity contribution in [1.82, 2.24) is 0 Å². The molecule has 0 saturated heterocycles. The average Bonchev–Trinajstić information content (AvgIpc) is 2.43. The quantitative estimate of drug-likeness (QED) is 0.917. The van der Waals surface area contributed by atoms with Crippen molar-refractivity contribution >= 4 is 23.2 Å². The van der Waals surface area contributed by atoms with Crippen molar-refractivity contribution in [3.8, 4) is 17.2 Å². The topological polar surface area (TPSA) is 44.5 Å². The summed E-state index contributed by atoms with van der Waals surface area (Å²) in [5.41, 5.74) is 6.54. The van der Waals surface area contributed by atoms with Crippen LogP contribution in [0.1, 0.15) is 5.56 Å². The molecule has 0 aliphatic heterocycles. The summed E-state index contributed by atoms with van der Waals surface area (Å²) in [4.78, 5) is 0. The van der Waals surface area contributed by atoms with E-state index in [-0.39, 0.29) is 0 Å². The molecule has 100 valence electrons. The van der Waals surface area contributed by atoms with E-state index in [1.807, 2.05) is 12.1 Å². The molecule has 2 rings (SSSR count). The molecular weight excluding hydrogens is 285 g/mol. The highest BCUT2D eigenvalue weighted by atomic mass is 35.5. The second-order valence-corrected chi connectivity index (χ2v) is 4.62. The maximum atomic E-state index is 6.09. The van der Waals surface area contributed by atoms with Crippen molar-refractivity contribution in [2.75, 3.05) is 7.11 Å². The van der Waals surface area contributed by atoms with Crippen LogP contribution < -0.4 is 15.2 Å². The molecule has 0 amide bonds. The molecule has 0 heterocycles. The molecule has 0 fully saturated rings. The van der Waals surface area contributed by atoms with Crippen LogP contribution in [-0.2, 0) is 6.54 Å².